The summed E-state index contributed by atoms with van der Waals surface area (Å²) in [6.45, 7) is 14.5. The fourth-order valence-corrected chi connectivity index (χ4v) is 3.87. The van der Waals surface area contributed by atoms with Crippen molar-refractivity contribution >= 4 is 28.9 Å². The van der Waals surface area contributed by atoms with Crippen molar-refractivity contribution in [2.45, 2.75) is 41.5 Å². The highest BCUT2D eigenvalue weighted by Gasteiger charge is 2.23. The van der Waals surface area contributed by atoms with Gasteiger partial charge in [-0.2, -0.15) is 10.1 Å². The van der Waals surface area contributed by atoms with Crippen molar-refractivity contribution in [1.82, 2.24) is 9.78 Å². The molecule has 1 aliphatic rings. The SMILES string of the molecule is CCN(CC)c1ccc(N=C2N=C(n3nc(C)c(C)c3C)N=C2c2ccccc2)c(C)c1. The number of aliphatic imine (C=N–C) groups is 3. The summed E-state index contributed by atoms with van der Waals surface area (Å²) in [4.78, 5) is 16.9. The second-order valence-corrected chi connectivity index (χ2v) is 8.02. The Bertz CT molecular complexity index is 1230. The van der Waals surface area contributed by atoms with Gasteiger partial charge in [0, 0.05) is 30.0 Å². The van der Waals surface area contributed by atoms with Crippen molar-refractivity contribution in [2.24, 2.45) is 15.0 Å². The second-order valence-electron chi connectivity index (χ2n) is 8.02. The molecule has 2 heterocycles. The van der Waals surface area contributed by atoms with E-state index in [4.69, 9.17) is 15.0 Å². The molecule has 0 N–H and O–H groups in total. The molecule has 1 aromatic heterocycles. The van der Waals surface area contributed by atoms with E-state index in [-0.39, 0.29) is 0 Å². The summed E-state index contributed by atoms with van der Waals surface area (Å²) < 4.78 is 1.81. The molecule has 0 spiro atoms. The van der Waals surface area contributed by atoms with Gasteiger partial charge in [0.1, 0.15) is 5.71 Å². The maximum Gasteiger partial charge on any atom is 0.253 e. The van der Waals surface area contributed by atoms with Gasteiger partial charge in [-0.15, -0.1) is 0 Å². The van der Waals surface area contributed by atoms with E-state index in [0.717, 1.165) is 52.6 Å². The lowest BCUT2D eigenvalue weighted by molar-refractivity contribution is 0.865. The Morgan fingerprint density at radius 2 is 1.62 bits per heavy atom. The van der Waals surface area contributed by atoms with Crippen molar-refractivity contribution in [2.75, 3.05) is 18.0 Å². The minimum Gasteiger partial charge on any atom is -0.372 e. The lowest BCUT2D eigenvalue weighted by Gasteiger charge is -2.21. The zero-order chi connectivity index (χ0) is 22.8. The van der Waals surface area contributed by atoms with Gasteiger partial charge in [0.05, 0.1) is 11.4 Å². The number of aryl methyl sites for hydroxylation is 2. The summed E-state index contributed by atoms with van der Waals surface area (Å²) in [5.41, 5.74) is 8.14. The van der Waals surface area contributed by atoms with Crippen molar-refractivity contribution in [3.05, 3.63) is 76.6 Å². The Morgan fingerprint density at radius 1 is 0.906 bits per heavy atom. The highest BCUT2D eigenvalue weighted by atomic mass is 15.4. The van der Waals surface area contributed by atoms with Crippen LogP contribution in [0.1, 0.15) is 41.9 Å². The first-order valence-corrected chi connectivity index (χ1v) is 11.1. The predicted octanol–water partition coefficient (Wildman–Crippen LogP) is 5.40. The van der Waals surface area contributed by atoms with Gasteiger partial charge in [0.15, 0.2) is 5.84 Å². The Labute approximate surface area is 190 Å². The van der Waals surface area contributed by atoms with Gasteiger partial charge in [-0.05, 0) is 70.9 Å². The molecule has 164 valence electrons. The number of aromatic nitrogens is 2. The fraction of sp³-hybridized carbons (Fsp3) is 0.308. The zero-order valence-corrected chi connectivity index (χ0v) is 19.7. The van der Waals surface area contributed by atoms with Crippen molar-refractivity contribution in [3.8, 4) is 0 Å². The van der Waals surface area contributed by atoms with Crippen LogP contribution in [0.2, 0.25) is 0 Å². The van der Waals surface area contributed by atoms with Gasteiger partial charge in [-0.3, -0.25) is 0 Å². The molecule has 6 heteroatoms. The first-order valence-electron chi connectivity index (χ1n) is 11.1. The molecule has 1 aliphatic heterocycles. The topological polar surface area (TPSA) is 58.1 Å². The first kappa shape index (κ1) is 21.7. The van der Waals surface area contributed by atoms with Crippen LogP contribution >= 0.6 is 0 Å². The molecule has 3 aromatic rings. The molecule has 0 bridgehead atoms. The van der Waals surface area contributed by atoms with E-state index >= 15 is 0 Å². The summed E-state index contributed by atoms with van der Waals surface area (Å²) in [5, 5.41) is 4.65. The van der Waals surface area contributed by atoms with E-state index in [9.17, 15) is 0 Å². The second kappa shape index (κ2) is 8.91. The molecule has 2 aromatic carbocycles. The van der Waals surface area contributed by atoms with Gasteiger partial charge < -0.3 is 4.90 Å². The molecule has 0 radical (unpaired) electrons. The van der Waals surface area contributed by atoms with E-state index in [1.54, 1.807) is 0 Å². The molecule has 0 saturated heterocycles. The molecule has 0 fully saturated rings. The van der Waals surface area contributed by atoms with Crippen molar-refractivity contribution < 1.29 is 0 Å². The average Bonchev–Trinajstić information content (AvgIpc) is 3.33. The Morgan fingerprint density at radius 3 is 2.22 bits per heavy atom. The number of anilines is 1. The van der Waals surface area contributed by atoms with Crippen molar-refractivity contribution in [3.63, 3.8) is 0 Å². The van der Waals surface area contributed by atoms with Crippen LogP contribution in [0.3, 0.4) is 0 Å². The van der Waals surface area contributed by atoms with Gasteiger partial charge >= 0.3 is 0 Å². The number of benzene rings is 2. The average molecular weight is 427 g/mol. The van der Waals surface area contributed by atoms with Crippen LogP contribution in [0.15, 0.2) is 63.5 Å². The molecule has 32 heavy (non-hydrogen) atoms. The minimum absolute atomic E-state index is 0.550. The van der Waals surface area contributed by atoms with Gasteiger partial charge in [-0.25, -0.2) is 14.7 Å². The zero-order valence-electron chi connectivity index (χ0n) is 19.7. The Balaban J connectivity index is 1.80. The highest BCUT2D eigenvalue weighted by molar-refractivity contribution is 6.53. The monoisotopic (exact) mass is 426 g/mol. The first-order chi connectivity index (χ1) is 15.4. The molecule has 0 atom stereocenters. The van der Waals surface area contributed by atoms with Crippen LogP contribution in [-0.2, 0) is 0 Å². The number of nitrogens with zero attached hydrogens (tertiary/aromatic N) is 6. The predicted molar refractivity (Wildman–Crippen MR) is 134 cm³/mol. The summed E-state index contributed by atoms with van der Waals surface area (Å²) in [5.74, 6) is 1.16. The maximum absolute atomic E-state index is 4.94. The molecule has 0 amide bonds. The fourth-order valence-electron chi connectivity index (χ4n) is 3.87. The van der Waals surface area contributed by atoms with Gasteiger partial charge in [-0.1, -0.05) is 30.3 Å². The van der Waals surface area contributed by atoms with E-state index in [0.29, 0.717) is 11.8 Å². The largest absolute Gasteiger partial charge is 0.372 e. The molecular formula is C26H30N6. The van der Waals surface area contributed by atoms with Gasteiger partial charge in [0.2, 0.25) is 0 Å². The minimum atomic E-state index is 0.550. The maximum atomic E-state index is 4.94. The molecular weight excluding hydrogens is 396 g/mol. The third-order valence-electron chi connectivity index (χ3n) is 6.05. The van der Waals surface area contributed by atoms with Crippen LogP contribution in [0, 0.1) is 27.7 Å². The molecule has 0 aliphatic carbocycles. The Kier molecular flexibility index (Phi) is 6.04. The Hall–Kier alpha value is -3.54. The molecule has 4 rings (SSSR count). The highest BCUT2D eigenvalue weighted by Crippen LogP contribution is 2.26. The lowest BCUT2D eigenvalue weighted by Crippen LogP contribution is -2.21. The van der Waals surface area contributed by atoms with E-state index in [1.807, 2.05) is 48.9 Å². The lowest BCUT2D eigenvalue weighted by atomic mass is 10.1. The van der Waals surface area contributed by atoms with Crippen LogP contribution in [0.25, 0.3) is 0 Å². The van der Waals surface area contributed by atoms with Crippen LogP contribution in [0.4, 0.5) is 11.4 Å². The third kappa shape index (κ3) is 4.00. The molecule has 0 saturated carbocycles. The third-order valence-corrected chi connectivity index (χ3v) is 6.05. The number of hydrogen-bond donors (Lipinski definition) is 0. The van der Waals surface area contributed by atoms with Crippen LogP contribution < -0.4 is 4.90 Å². The van der Waals surface area contributed by atoms with E-state index in [2.05, 4.69) is 55.9 Å². The number of rotatable bonds is 5. The normalized spacial score (nSPS) is 14.6. The molecule has 6 nitrogen and oxygen atoms in total. The van der Waals surface area contributed by atoms with Crippen molar-refractivity contribution in [1.29, 1.82) is 0 Å². The number of hydrogen-bond acceptors (Lipinski definition) is 4. The molecule has 0 unspecified atom stereocenters. The van der Waals surface area contributed by atoms with E-state index in [1.165, 1.54) is 5.69 Å². The van der Waals surface area contributed by atoms with E-state index < -0.39 is 0 Å². The van der Waals surface area contributed by atoms with Gasteiger partial charge in [0.25, 0.3) is 5.96 Å². The summed E-state index contributed by atoms with van der Waals surface area (Å²) in [6, 6.07) is 16.5. The standard InChI is InChI=1S/C26H30N6/c1-7-31(8-2)22-14-15-23(17(3)16-22)27-25-24(21-12-10-9-11-13-21)28-26(29-25)32-20(6)18(4)19(5)30-32/h9-16H,7-8H2,1-6H3. The summed E-state index contributed by atoms with van der Waals surface area (Å²) in [7, 11) is 0. The summed E-state index contributed by atoms with van der Waals surface area (Å²) >= 11 is 0. The summed E-state index contributed by atoms with van der Waals surface area (Å²) in [6.07, 6.45) is 0. The number of amidine groups is 1. The van der Waals surface area contributed by atoms with Crippen LogP contribution in [0.5, 0.6) is 0 Å². The smallest absolute Gasteiger partial charge is 0.253 e. The van der Waals surface area contributed by atoms with Crippen LogP contribution in [-0.4, -0.2) is 40.4 Å². The quantitative estimate of drug-likeness (QED) is 0.548.